The number of carbonyl (C=O) groups excluding carboxylic acids is 1. The number of carbonyl (C=O) groups is 1. The average Bonchev–Trinajstić information content (AvgIpc) is 2.31. The van der Waals surface area contributed by atoms with E-state index in [1.54, 1.807) is 25.4 Å². The highest BCUT2D eigenvalue weighted by Gasteiger charge is 2.12. The lowest BCUT2D eigenvalue weighted by molar-refractivity contribution is 0.0878. The van der Waals surface area contributed by atoms with Crippen LogP contribution in [0.5, 0.6) is 0 Å². The van der Waals surface area contributed by atoms with Crippen LogP contribution in [0, 0.1) is 0 Å². The number of ether oxygens (including phenoxy) is 1. The molecular weight excluding hydrogens is 208 g/mol. The fraction of sp³-hybridized carbons (Fsp3) is 0.455. The van der Waals surface area contributed by atoms with E-state index in [0.29, 0.717) is 18.6 Å². The van der Waals surface area contributed by atoms with Gasteiger partial charge in [-0.2, -0.15) is 0 Å². The number of rotatable bonds is 6. The topological polar surface area (TPSA) is 71.5 Å². The molecule has 1 amide bonds. The van der Waals surface area contributed by atoms with E-state index in [4.69, 9.17) is 9.84 Å². The van der Waals surface area contributed by atoms with Gasteiger partial charge in [-0.05, 0) is 18.6 Å². The molecule has 2 N–H and O–H groups in total. The third-order valence-electron chi connectivity index (χ3n) is 2.10. The monoisotopic (exact) mass is 224 g/mol. The summed E-state index contributed by atoms with van der Waals surface area (Å²) in [7, 11) is 1.56. The van der Waals surface area contributed by atoms with Gasteiger partial charge >= 0.3 is 0 Å². The summed E-state index contributed by atoms with van der Waals surface area (Å²) in [6.45, 7) is 0.397. The lowest BCUT2D eigenvalue weighted by Crippen LogP contribution is -2.38. The number of aliphatic hydroxyl groups excluding tert-OH is 1. The van der Waals surface area contributed by atoms with Crippen molar-refractivity contribution in [2.75, 3.05) is 20.3 Å². The van der Waals surface area contributed by atoms with Crippen molar-refractivity contribution in [1.29, 1.82) is 0 Å². The van der Waals surface area contributed by atoms with Gasteiger partial charge in [0, 0.05) is 26.1 Å². The van der Waals surface area contributed by atoms with Crippen molar-refractivity contribution >= 4 is 5.91 Å². The molecule has 16 heavy (non-hydrogen) atoms. The van der Waals surface area contributed by atoms with Gasteiger partial charge in [0.15, 0.2) is 0 Å². The molecule has 1 atom stereocenters. The van der Waals surface area contributed by atoms with Crippen LogP contribution in [-0.4, -0.2) is 42.4 Å². The Morgan fingerprint density at radius 1 is 1.69 bits per heavy atom. The first-order chi connectivity index (χ1) is 7.77. The zero-order valence-corrected chi connectivity index (χ0v) is 9.22. The number of aromatic nitrogens is 1. The molecule has 1 heterocycles. The Balaban J connectivity index is 2.54. The van der Waals surface area contributed by atoms with Gasteiger partial charge in [-0.15, -0.1) is 0 Å². The molecule has 5 heteroatoms. The number of nitrogens with zero attached hydrogens (tertiary/aromatic N) is 1. The first kappa shape index (κ1) is 12.6. The van der Waals surface area contributed by atoms with Gasteiger partial charge in [-0.1, -0.05) is 0 Å². The highest BCUT2D eigenvalue weighted by molar-refractivity contribution is 5.93. The summed E-state index contributed by atoms with van der Waals surface area (Å²) in [6.07, 6.45) is 3.58. The first-order valence-electron chi connectivity index (χ1n) is 5.08. The van der Waals surface area contributed by atoms with Crippen LogP contribution in [0.15, 0.2) is 24.5 Å². The molecule has 1 rings (SSSR count). The number of aliphatic hydroxyl groups is 1. The minimum atomic E-state index is -0.205. The van der Waals surface area contributed by atoms with Gasteiger partial charge in [-0.3, -0.25) is 9.78 Å². The Kier molecular flexibility index (Phi) is 5.45. The Morgan fingerprint density at radius 2 is 2.50 bits per heavy atom. The lowest BCUT2D eigenvalue weighted by atomic mass is 10.2. The van der Waals surface area contributed by atoms with Crippen LogP contribution >= 0.6 is 0 Å². The summed E-state index contributed by atoms with van der Waals surface area (Å²) in [4.78, 5) is 15.6. The average molecular weight is 224 g/mol. The molecule has 0 aromatic carbocycles. The van der Waals surface area contributed by atoms with Crippen LogP contribution < -0.4 is 5.32 Å². The molecule has 88 valence electrons. The molecule has 0 saturated carbocycles. The zero-order chi connectivity index (χ0) is 11.8. The van der Waals surface area contributed by atoms with Gasteiger partial charge in [0.1, 0.15) is 0 Å². The Bertz CT molecular complexity index is 310. The first-order valence-corrected chi connectivity index (χ1v) is 5.08. The van der Waals surface area contributed by atoms with E-state index in [0.717, 1.165) is 0 Å². The van der Waals surface area contributed by atoms with E-state index in [-0.39, 0.29) is 18.6 Å². The molecule has 0 bridgehead atoms. The molecular formula is C11H16N2O3. The van der Waals surface area contributed by atoms with Gasteiger partial charge < -0.3 is 15.2 Å². The molecule has 5 nitrogen and oxygen atoms in total. The van der Waals surface area contributed by atoms with Crippen LogP contribution in [0.1, 0.15) is 16.8 Å². The van der Waals surface area contributed by atoms with Crippen molar-refractivity contribution in [1.82, 2.24) is 10.3 Å². The number of hydrogen-bond acceptors (Lipinski definition) is 4. The van der Waals surface area contributed by atoms with Crippen molar-refractivity contribution in [2.24, 2.45) is 0 Å². The number of nitrogens with one attached hydrogen (secondary N) is 1. The molecule has 1 unspecified atom stereocenters. The van der Waals surface area contributed by atoms with Crippen LogP contribution in [0.4, 0.5) is 0 Å². The van der Waals surface area contributed by atoms with Crippen LogP contribution in [-0.2, 0) is 4.74 Å². The largest absolute Gasteiger partial charge is 0.396 e. The Hall–Kier alpha value is -1.46. The fourth-order valence-electron chi connectivity index (χ4n) is 1.32. The standard InChI is InChI=1S/C11H16N2O3/c1-16-8-10(4-6-14)13-11(15)9-3-2-5-12-7-9/h2-3,5,7,10,14H,4,6,8H2,1H3,(H,13,15). The molecule has 0 aliphatic carbocycles. The van der Waals surface area contributed by atoms with Crippen molar-refractivity contribution < 1.29 is 14.6 Å². The second-order valence-electron chi connectivity index (χ2n) is 3.38. The van der Waals surface area contributed by atoms with Gasteiger partial charge in [0.2, 0.25) is 0 Å². The summed E-state index contributed by atoms with van der Waals surface area (Å²) in [5, 5.41) is 11.6. The minimum absolute atomic E-state index is 0.0152. The number of amides is 1. The van der Waals surface area contributed by atoms with E-state index < -0.39 is 0 Å². The predicted octanol–water partition coefficient (Wildman–Crippen LogP) is 0.209. The van der Waals surface area contributed by atoms with Crippen LogP contribution in [0.25, 0.3) is 0 Å². The SMILES string of the molecule is COCC(CCO)NC(=O)c1cccnc1. The number of hydrogen-bond donors (Lipinski definition) is 2. The highest BCUT2D eigenvalue weighted by atomic mass is 16.5. The number of pyridine rings is 1. The van der Waals surface area contributed by atoms with E-state index in [2.05, 4.69) is 10.3 Å². The van der Waals surface area contributed by atoms with Crippen LogP contribution in [0.2, 0.25) is 0 Å². The number of methoxy groups -OCH3 is 1. The second kappa shape index (κ2) is 6.92. The van der Waals surface area contributed by atoms with Crippen molar-refractivity contribution in [3.05, 3.63) is 30.1 Å². The minimum Gasteiger partial charge on any atom is -0.396 e. The van der Waals surface area contributed by atoms with E-state index >= 15 is 0 Å². The van der Waals surface area contributed by atoms with Gasteiger partial charge in [0.25, 0.3) is 5.91 Å². The molecule has 0 aliphatic heterocycles. The third kappa shape index (κ3) is 3.96. The smallest absolute Gasteiger partial charge is 0.253 e. The zero-order valence-electron chi connectivity index (χ0n) is 9.22. The maximum atomic E-state index is 11.7. The van der Waals surface area contributed by atoms with Crippen molar-refractivity contribution in [3.63, 3.8) is 0 Å². The quantitative estimate of drug-likeness (QED) is 0.724. The Morgan fingerprint density at radius 3 is 3.06 bits per heavy atom. The van der Waals surface area contributed by atoms with Crippen molar-refractivity contribution in [2.45, 2.75) is 12.5 Å². The molecule has 0 saturated heterocycles. The van der Waals surface area contributed by atoms with Gasteiger partial charge in [0.05, 0.1) is 18.2 Å². The predicted molar refractivity (Wildman–Crippen MR) is 59.1 cm³/mol. The molecule has 0 spiro atoms. The maximum Gasteiger partial charge on any atom is 0.253 e. The second-order valence-corrected chi connectivity index (χ2v) is 3.38. The normalized spacial score (nSPS) is 12.1. The third-order valence-corrected chi connectivity index (χ3v) is 2.10. The van der Waals surface area contributed by atoms with Gasteiger partial charge in [-0.25, -0.2) is 0 Å². The van der Waals surface area contributed by atoms with Crippen LogP contribution in [0.3, 0.4) is 0 Å². The van der Waals surface area contributed by atoms with E-state index in [1.165, 1.54) is 6.20 Å². The summed E-state index contributed by atoms with van der Waals surface area (Å²) < 4.78 is 4.95. The fourth-order valence-corrected chi connectivity index (χ4v) is 1.32. The highest BCUT2D eigenvalue weighted by Crippen LogP contribution is 1.98. The summed E-state index contributed by atoms with van der Waals surface area (Å²) >= 11 is 0. The molecule has 0 aliphatic rings. The molecule has 1 aromatic rings. The van der Waals surface area contributed by atoms with E-state index in [9.17, 15) is 4.79 Å². The van der Waals surface area contributed by atoms with E-state index in [1.807, 2.05) is 0 Å². The molecule has 1 aromatic heterocycles. The summed E-state index contributed by atoms with van der Waals surface area (Å²) in [5.74, 6) is -0.205. The summed E-state index contributed by atoms with van der Waals surface area (Å²) in [6, 6.07) is 3.21. The molecule has 0 fully saturated rings. The molecule has 0 radical (unpaired) electrons. The maximum absolute atomic E-state index is 11.7. The van der Waals surface area contributed by atoms with Crippen molar-refractivity contribution in [3.8, 4) is 0 Å². The summed E-state index contributed by atoms with van der Waals surface area (Å²) in [5.41, 5.74) is 0.501. The lowest BCUT2D eigenvalue weighted by Gasteiger charge is -2.16. The Labute approximate surface area is 94.5 Å².